The minimum absolute atomic E-state index is 0.265. The lowest BCUT2D eigenvalue weighted by Gasteiger charge is -2.31. The third-order valence-corrected chi connectivity index (χ3v) is 3.41. The molecule has 1 fully saturated rings. The van der Waals surface area contributed by atoms with E-state index >= 15 is 0 Å². The number of aryl methyl sites for hydroxylation is 1. The van der Waals surface area contributed by atoms with Crippen LogP contribution in [0.1, 0.15) is 35.8 Å². The molecule has 0 aromatic carbocycles. The Labute approximate surface area is 98.6 Å². The number of nitrogens with zero attached hydrogens (tertiary/aromatic N) is 2. The third kappa shape index (κ3) is 1.69. The van der Waals surface area contributed by atoms with Gasteiger partial charge in [-0.2, -0.15) is 5.10 Å². The number of H-pyrrole nitrogens is 1. The second kappa shape index (κ2) is 3.87. The third-order valence-electron chi connectivity index (χ3n) is 3.41. The van der Waals surface area contributed by atoms with Crippen molar-refractivity contribution < 1.29 is 14.7 Å². The maximum absolute atomic E-state index is 12.3. The maximum atomic E-state index is 12.3. The van der Waals surface area contributed by atoms with E-state index in [9.17, 15) is 14.7 Å². The Morgan fingerprint density at radius 2 is 2.29 bits per heavy atom. The molecule has 1 aromatic rings. The van der Waals surface area contributed by atoms with Crippen molar-refractivity contribution in [1.29, 1.82) is 0 Å². The molecule has 0 aliphatic carbocycles. The lowest BCUT2D eigenvalue weighted by Crippen LogP contribution is -2.50. The fourth-order valence-electron chi connectivity index (χ4n) is 2.22. The van der Waals surface area contributed by atoms with E-state index in [0.717, 1.165) is 0 Å². The highest BCUT2D eigenvalue weighted by Gasteiger charge is 2.46. The van der Waals surface area contributed by atoms with Crippen LogP contribution in [0.2, 0.25) is 0 Å². The number of hydrogen-bond donors (Lipinski definition) is 2. The molecule has 1 aliphatic heterocycles. The number of hydrogen-bond acceptors (Lipinski definition) is 3. The molecule has 2 N–H and O–H groups in total. The highest BCUT2D eigenvalue weighted by molar-refractivity contribution is 5.98. The molecular formula is C11H15N3O3. The van der Waals surface area contributed by atoms with Crippen molar-refractivity contribution in [2.24, 2.45) is 0 Å². The number of aliphatic carboxylic acids is 1. The zero-order valence-electron chi connectivity index (χ0n) is 9.86. The van der Waals surface area contributed by atoms with Crippen molar-refractivity contribution >= 4 is 11.9 Å². The molecular weight excluding hydrogens is 222 g/mol. The molecule has 1 aliphatic rings. The minimum Gasteiger partial charge on any atom is -0.480 e. The molecule has 1 aromatic heterocycles. The van der Waals surface area contributed by atoms with E-state index in [1.807, 2.05) is 0 Å². The molecule has 0 spiro atoms. The van der Waals surface area contributed by atoms with Crippen molar-refractivity contribution in [3.05, 3.63) is 17.5 Å². The average Bonchev–Trinajstić information content (AvgIpc) is 2.84. The molecule has 2 rings (SSSR count). The Morgan fingerprint density at radius 3 is 2.82 bits per heavy atom. The standard InChI is InChI=1S/C11H15N3O3/c1-7-8(6-12-13-7)9(15)14-5-3-4-11(14,2)10(16)17/h6H,3-5H2,1-2H3,(H,12,13)(H,16,17). The maximum Gasteiger partial charge on any atom is 0.329 e. The summed E-state index contributed by atoms with van der Waals surface area (Å²) >= 11 is 0. The fraction of sp³-hybridized carbons (Fsp3) is 0.545. The zero-order chi connectivity index (χ0) is 12.6. The van der Waals surface area contributed by atoms with Gasteiger partial charge < -0.3 is 10.0 Å². The lowest BCUT2D eigenvalue weighted by molar-refractivity contribution is -0.147. The van der Waals surface area contributed by atoms with Gasteiger partial charge in [0.2, 0.25) is 0 Å². The average molecular weight is 237 g/mol. The fourth-order valence-corrected chi connectivity index (χ4v) is 2.22. The number of carboxylic acids is 1. The summed E-state index contributed by atoms with van der Waals surface area (Å²) in [5.74, 6) is -1.22. The van der Waals surface area contributed by atoms with Crippen LogP contribution in [-0.2, 0) is 4.79 Å². The van der Waals surface area contributed by atoms with E-state index in [-0.39, 0.29) is 5.91 Å². The van der Waals surface area contributed by atoms with Crippen LogP contribution in [0, 0.1) is 6.92 Å². The number of amides is 1. The first-order valence-corrected chi connectivity index (χ1v) is 5.52. The Morgan fingerprint density at radius 1 is 1.59 bits per heavy atom. The van der Waals surface area contributed by atoms with Crippen molar-refractivity contribution in [2.75, 3.05) is 6.54 Å². The van der Waals surface area contributed by atoms with Gasteiger partial charge in [0, 0.05) is 12.2 Å². The van der Waals surface area contributed by atoms with Crippen LogP contribution in [-0.4, -0.2) is 44.2 Å². The monoisotopic (exact) mass is 237 g/mol. The predicted octanol–water partition coefficient (Wildman–Crippen LogP) is 0.797. The van der Waals surface area contributed by atoms with Gasteiger partial charge in [-0.25, -0.2) is 4.79 Å². The quantitative estimate of drug-likeness (QED) is 0.796. The number of carboxylic acid groups (broad SMARTS) is 1. The van der Waals surface area contributed by atoms with Crippen LogP contribution in [0.3, 0.4) is 0 Å². The van der Waals surface area contributed by atoms with Gasteiger partial charge in [0.1, 0.15) is 5.54 Å². The first-order chi connectivity index (χ1) is 7.97. The molecule has 1 atom stereocenters. The molecule has 92 valence electrons. The van der Waals surface area contributed by atoms with E-state index in [1.165, 1.54) is 11.1 Å². The van der Waals surface area contributed by atoms with Gasteiger partial charge >= 0.3 is 5.97 Å². The number of rotatable bonds is 2. The summed E-state index contributed by atoms with van der Waals surface area (Å²) < 4.78 is 0. The number of carbonyl (C=O) groups is 2. The van der Waals surface area contributed by atoms with Gasteiger partial charge in [-0.1, -0.05) is 0 Å². The minimum atomic E-state index is -1.10. The van der Waals surface area contributed by atoms with Crippen LogP contribution in [0.4, 0.5) is 0 Å². The zero-order valence-corrected chi connectivity index (χ0v) is 9.86. The summed E-state index contributed by atoms with van der Waals surface area (Å²) in [5, 5.41) is 15.7. The van der Waals surface area contributed by atoms with Crippen LogP contribution in [0.25, 0.3) is 0 Å². The van der Waals surface area contributed by atoms with Crippen LogP contribution in [0.5, 0.6) is 0 Å². The van der Waals surface area contributed by atoms with Gasteiger partial charge in [0.05, 0.1) is 11.8 Å². The Bertz CT molecular complexity index is 468. The highest BCUT2D eigenvalue weighted by atomic mass is 16.4. The number of nitrogens with one attached hydrogen (secondary N) is 1. The highest BCUT2D eigenvalue weighted by Crippen LogP contribution is 2.30. The van der Waals surface area contributed by atoms with Crippen LogP contribution >= 0.6 is 0 Å². The number of aromatic amines is 1. The molecule has 6 heteroatoms. The molecule has 2 heterocycles. The largest absolute Gasteiger partial charge is 0.480 e. The Kier molecular flexibility index (Phi) is 2.65. The van der Waals surface area contributed by atoms with Gasteiger partial charge in [-0.15, -0.1) is 0 Å². The van der Waals surface area contributed by atoms with E-state index in [0.29, 0.717) is 30.6 Å². The van der Waals surface area contributed by atoms with E-state index in [1.54, 1.807) is 13.8 Å². The molecule has 0 bridgehead atoms. The molecule has 6 nitrogen and oxygen atoms in total. The first kappa shape index (κ1) is 11.6. The van der Waals surface area contributed by atoms with Gasteiger partial charge in [0.15, 0.2) is 0 Å². The number of aromatic nitrogens is 2. The Hall–Kier alpha value is -1.85. The van der Waals surface area contributed by atoms with Crippen molar-refractivity contribution in [3.8, 4) is 0 Å². The van der Waals surface area contributed by atoms with Gasteiger partial charge in [-0.3, -0.25) is 9.89 Å². The molecule has 1 unspecified atom stereocenters. The van der Waals surface area contributed by atoms with E-state index in [2.05, 4.69) is 10.2 Å². The Balaban J connectivity index is 2.32. The summed E-state index contributed by atoms with van der Waals surface area (Å²) in [5.41, 5.74) is 0.00913. The summed E-state index contributed by atoms with van der Waals surface area (Å²) in [4.78, 5) is 25.0. The lowest BCUT2D eigenvalue weighted by atomic mass is 9.98. The summed E-state index contributed by atoms with van der Waals surface area (Å²) in [7, 11) is 0. The predicted molar refractivity (Wildman–Crippen MR) is 59.6 cm³/mol. The first-order valence-electron chi connectivity index (χ1n) is 5.52. The molecule has 1 amide bonds. The van der Waals surface area contributed by atoms with Crippen molar-refractivity contribution in [3.63, 3.8) is 0 Å². The molecule has 1 saturated heterocycles. The number of likely N-dealkylation sites (tertiary alicyclic amines) is 1. The van der Waals surface area contributed by atoms with Crippen LogP contribution in [0.15, 0.2) is 6.20 Å². The normalized spacial score (nSPS) is 24.0. The summed E-state index contributed by atoms with van der Waals surface area (Å²) in [6.07, 6.45) is 2.65. The van der Waals surface area contributed by atoms with E-state index < -0.39 is 11.5 Å². The molecule has 0 radical (unpaired) electrons. The smallest absolute Gasteiger partial charge is 0.329 e. The second-order valence-corrected chi connectivity index (χ2v) is 4.55. The van der Waals surface area contributed by atoms with Gasteiger partial charge in [-0.05, 0) is 26.7 Å². The SMILES string of the molecule is Cc1[nH]ncc1C(=O)N1CCCC1(C)C(=O)O. The second-order valence-electron chi connectivity index (χ2n) is 4.55. The summed E-state index contributed by atoms with van der Waals surface area (Å²) in [6, 6.07) is 0. The summed E-state index contributed by atoms with van der Waals surface area (Å²) in [6.45, 7) is 3.82. The molecule has 0 saturated carbocycles. The number of carbonyl (C=O) groups excluding carboxylic acids is 1. The molecule has 17 heavy (non-hydrogen) atoms. The van der Waals surface area contributed by atoms with Gasteiger partial charge in [0.25, 0.3) is 5.91 Å². The van der Waals surface area contributed by atoms with Crippen LogP contribution < -0.4 is 0 Å². The van der Waals surface area contributed by atoms with Crippen molar-refractivity contribution in [1.82, 2.24) is 15.1 Å². The van der Waals surface area contributed by atoms with Crippen molar-refractivity contribution in [2.45, 2.75) is 32.2 Å². The topological polar surface area (TPSA) is 86.3 Å². The van der Waals surface area contributed by atoms with E-state index in [4.69, 9.17) is 0 Å².